The predicted octanol–water partition coefficient (Wildman–Crippen LogP) is 7.23. The van der Waals surface area contributed by atoms with E-state index in [0.717, 1.165) is 50.9 Å². The van der Waals surface area contributed by atoms with Crippen LogP contribution in [0.2, 0.25) is 0 Å². The Morgan fingerprint density at radius 2 is 1.38 bits per heavy atom. The molecule has 7 nitrogen and oxygen atoms in total. The Kier molecular flexibility index (Phi) is 6.59. The van der Waals surface area contributed by atoms with Crippen molar-refractivity contribution in [3.05, 3.63) is 103 Å². The maximum atomic E-state index is 13.8. The molecule has 1 atom stereocenters. The molecule has 0 radical (unpaired) electrons. The molecule has 0 saturated carbocycles. The van der Waals surface area contributed by atoms with E-state index >= 15 is 0 Å². The van der Waals surface area contributed by atoms with Crippen molar-refractivity contribution < 1.29 is 9.13 Å². The second kappa shape index (κ2) is 10.4. The third-order valence-electron chi connectivity index (χ3n) is 7.03. The van der Waals surface area contributed by atoms with Crippen molar-refractivity contribution in [2.24, 2.45) is 0 Å². The fourth-order valence-corrected chi connectivity index (χ4v) is 4.97. The molecule has 6 rings (SSSR count). The average molecular weight is 535 g/mol. The smallest absolute Gasteiger partial charge is 0.139 e. The summed E-state index contributed by atoms with van der Waals surface area (Å²) in [6.45, 7) is 3.55. The third-order valence-corrected chi connectivity index (χ3v) is 7.03. The van der Waals surface area contributed by atoms with E-state index in [1.54, 1.807) is 7.11 Å². The number of imidazole rings is 2. The topological polar surface area (TPSA) is 67.9 Å². The van der Waals surface area contributed by atoms with Crippen molar-refractivity contribution in [1.82, 2.24) is 18.8 Å². The minimum Gasteiger partial charge on any atom is -0.497 e. The van der Waals surface area contributed by atoms with Gasteiger partial charge in [-0.3, -0.25) is 4.39 Å². The molecule has 0 aliphatic rings. The Morgan fingerprint density at radius 1 is 0.800 bits per heavy atom. The first-order valence-electron chi connectivity index (χ1n) is 13.2. The second-order valence-electron chi connectivity index (χ2n) is 10.2. The highest BCUT2D eigenvalue weighted by atomic mass is 19.1. The highest BCUT2D eigenvalue weighted by Crippen LogP contribution is 2.28. The number of hydrogen-bond donors (Lipinski definition) is 2. The van der Waals surface area contributed by atoms with Crippen LogP contribution in [-0.4, -0.2) is 38.2 Å². The molecule has 8 heteroatoms. The molecule has 0 fully saturated rings. The number of alkyl halides is 1. The molecule has 2 N–H and O–H groups in total. The van der Waals surface area contributed by atoms with Crippen molar-refractivity contribution >= 4 is 22.7 Å². The summed E-state index contributed by atoms with van der Waals surface area (Å²) in [4.78, 5) is 9.63. The molecule has 0 bridgehead atoms. The van der Waals surface area contributed by atoms with Crippen LogP contribution in [0.25, 0.3) is 33.8 Å². The van der Waals surface area contributed by atoms with E-state index in [1.807, 2.05) is 95.1 Å². The molecular weight excluding hydrogens is 503 g/mol. The highest BCUT2D eigenvalue weighted by molar-refractivity contribution is 5.68. The number of benzene rings is 2. The number of aryl methyl sites for hydroxylation is 1. The molecule has 0 aliphatic carbocycles. The van der Waals surface area contributed by atoms with E-state index in [0.29, 0.717) is 0 Å². The minimum absolute atomic E-state index is 0.260. The van der Waals surface area contributed by atoms with Gasteiger partial charge in [0.05, 0.1) is 25.2 Å². The molecule has 0 aliphatic heterocycles. The Hall–Kier alpha value is -4.85. The maximum Gasteiger partial charge on any atom is 0.139 e. The zero-order valence-corrected chi connectivity index (χ0v) is 22.7. The lowest BCUT2D eigenvalue weighted by Crippen LogP contribution is -2.43. The van der Waals surface area contributed by atoms with Gasteiger partial charge in [0, 0.05) is 65.8 Å². The minimum atomic E-state index is -0.750. The van der Waals surface area contributed by atoms with Crippen LogP contribution in [0.15, 0.2) is 97.6 Å². The summed E-state index contributed by atoms with van der Waals surface area (Å²) >= 11 is 0. The molecule has 40 heavy (non-hydrogen) atoms. The van der Waals surface area contributed by atoms with Crippen molar-refractivity contribution in [3.63, 3.8) is 0 Å². The summed E-state index contributed by atoms with van der Waals surface area (Å²) in [5, 5.41) is 7.00. The van der Waals surface area contributed by atoms with E-state index in [-0.39, 0.29) is 6.42 Å². The van der Waals surface area contributed by atoms with Crippen molar-refractivity contribution in [2.45, 2.75) is 25.9 Å². The normalized spacial score (nSPS) is 12.9. The number of ether oxygens (including phenoxy) is 1. The standard InChI is InChI=1S/C32H31FN6O/c1-22-6-4-7-23(16-22)28-20-38-14-10-25(18-30(38)34-28)36-32(2,12-13-33)37-26-11-15-39-21-29(35-31(39)19-26)24-8-5-9-27(17-24)40-3/h4-11,14-21,36-37H,12-13H2,1-3H3. The predicted molar refractivity (Wildman–Crippen MR) is 159 cm³/mol. The summed E-state index contributed by atoms with van der Waals surface area (Å²) in [6, 6.07) is 24.0. The number of halogens is 1. The van der Waals surface area contributed by atoms with E-state index in [1.165, 1.54) is 5.56 Å². The number of pyridine rings is 2. The van der Waals surface area contributed by atoms with Crippen molar-refractivity contribution in [2.75, 3.05) is 24.4 Å². The zero-order valence-electron chi connectivity index (χ0n) is 22.7. The molecule has 202 valence electrons. The van der Waals surface area contributed by atoms with Gasteiger partial charge in [0.2, 0.25) is 0 Å². The SMILES string of the molecule is COc1cccc(-c2cn3ccc(NC(C)(CCF)Nc4ccn5cc(-c6cccc(C)c6)nc5c4)cc3n2)c1. The third kappa shape index (κ3) is 5.20. The van der Waals surface area contributed by atoms with E-state index < -0.39 is 12.3 Å². The summed E-state index contributed by atoms with van der Waals surface area (Å²) in [6.07, 6.45) is 8.18. The number of aromatic nitrogens is 4. The zero-order chi connectivity index (χ0) is 27.7. The van der Waals surface area contributed by atoms with Crippen molar-refractivity contribution in [3.8, 4) is 28.3 Å². The number of nitrogens with zero attached hydrogens (tertiary/aromatic N) is 4. The van der Waals surface area contributed by atoms with Crippen LogP contribution in [0.3, 0.4) is 0 Å². The Morgan fingerprint density at radius 3 is 1.93 bits per heavy atom. The molecule has 6 aromatic rings. The summed E-state index contributed by atoms with van der Waals surface area (Å²) in [7, 11) is 1.65. The quantitative estimate of drug-likeness (QED) is 0.192. The monoisotopic (exact) mass is 534 g/mol. The fourth-order valence-electron chi connectivity index (χ4n) is 4.97. The molecule has 0 saturated heterocycles. The van der Waals surface area contributed by atoms with Gasteiger partial charge in [-0.1, -0.05) is 35.9 Å². The summed E-state index contributed by atoms with van der Waals surface area (Å²) in [5.74, 6) is 0.782. The van der Waals surface area contributed by atoms with Gasteiger partial charge in [-0.2, -0.15) is 0 Å². The van der Waals surface area contributed by atoms with Crippen LogP contribution in [0.1, 0.15) is 18.9 Å². The molecule has 0 spiro atoms. The molecule has 4 heterocycles. The first-order valence-corrected chi connectivity index (χ1v) is 13.2. The number of methoxy groups -OCH3 is 1. The Balaban J connectivity index is 1.25. The van der Waals surface area contributed by atoms with E-state index in [4.69, 9.17) is 14.7 Å². The lowest BCUT2D eigenvalue weighted by molar-refractivity contribution is 0.404. The van der Waals surface area contributed by atoms with E-state index in [9.17, 15) is 4.39 Å². The number of rotatable bonds is 9. The van der Waals surface area contributed by atoms with Gasteiger partial charge in [0.1, 0.15) is 22.7 Å². The average Bonchev–Trinajstić information content (AvgIpc) is 3.57. The Bertz CT molecular complexity index is 1810. The van der Waals surface area contributed by atoms with Gasteiger partial charge < -0.3 is 24.2 Å². The van der Waals surface area contributed by atoms with Crippen LogP contribution in [-0.2, 0) is 0 Å². The molecule has 0 amide bonds. The second-order valence-corrected chi connectivity index (χ2v) is 10.2. The van der Waals surface area contributed by atoms with Gasteiger partial charge in [0.15, 0.2) is 0 Å². The Labute approximate surface area is 232 Å². The van der Waals surface area contributed by atoms with Crippen LogP contribution in [0.5, 0.6) is 5.75 Å². The van der Waals surface area contributed by atoms with Gasteiger partial charge in [-0.15, -0.1) is 0 Å². The number of anilines is 2. The lowest BCUT2D eigenvalue weighted by atomic mass is 10.1. The van der Waals surface area contributed by atoms with Gasteiger partial charge in [0.25, 0.3) is 0 Å². The molecule has 1 unspecified atom stereocenters. The van der Waals surface area contributed by atoms with Crippen LogP contribution in [0, 0.1) is 6.92 Å². The largest absolute Gasteiger partial charge is 0.497 e. The first kappa shape index (κ1) is 25.4. The first-order chi connectivity index (χ1) is 19.4. The number of nitrogens with one attached hydrogen (secondary N) is 2. The van der Waals surface area contributed by atoms with Crippen LogP contribution < -0.4 is 15.4 Å². The van der Waals surface area contributed by atoms with Crippen LogP contribution >= 0.6 is 0 Å². The number of fused-ring (bicyclic) bond motifs is 2. The van der Waals surface area contributed by atoms with Crippen LogP contribution in [0.4, 0.5) is 15.8 Å². The van der Waals surface area contributed by atoms with Gasteiger partial charge in [-0.25, -0.2) is 9.97 Å². The van der Waals surface area contributed by atoms with Crippen molar-refractivity contribution in [1.29, 1.82) is 0 Å². The van der Waals surface area contributed by atoms with E-state index in [2.05, 4.69) is 35.8 Å². The fraction of sp³-hybridized carbons (Fsp3) is 0.188. The number of hydrogen-bond acceptors (Lipinski definition) is 5. The maximum absolute atomic E-state index is 13.8. The molecule has 4 aromatic heterocycles. The lowest BCUT2D eigenvalue weighted by Gasteiger charge is -2.33. The summed E-state index contributed by atoms with van der Waals surface area (Å²) in [5.41, 5.74) is 7.52. The van der Waals surface area contributed by atoms with Gasteiger partial charge in [-0.05, 0) is 44.2 Å². The highest BCUT2D eigenvalue weighted by Gasteiger charge is 2.24. The van der Waals surface area contributed by atoms with Gasteiger partial charge >= 0.3 is 0 Å². The summed E-state index contributed by atoms with van der Waals surface area (Å²) < 4.78 is 23.1. The molecule has 2 aromatic carbocycles. The molecular formula is C32H31FN6O.